The van der Waals surface area contributed by atoms with E-state index in [1.807, 2.05) is 24.5 Å². The van der Waals surface area contributed by atoms with Crippen molar-refractivity contribution in [2.24, 2.45) is 5.73 Å². The van der Waals surface area contributed by atoms with Crippen molar-refractivity contribution in [3.63, 3.8) is 0 Å². The largest absolute Gasteiger partial charge is 0.506 e. The van der Waals surface area contributed by atoms with Crippen molar-refractivity contribution in [1.82, 2.24) is 4.57 Å². The fraction of sp³-hybridized carbons (Fsp3) is 0.214. The van der Waals surface area contributed by atoms with Gasteiger partial charge in [-0.1, -0.05) is 6.07 Å². The van der Waals surface area contributed by atoms with Gasteiger partial charge < -0.3 is 20.5 Å². The SMILES string of the molecule is C[C@](N)(Cc1ccc(-n2cccc2)c(O)c1)C(=O)O. The molecule has 0 aliphatic carbocycles. The Morgan fingerprint density at radius 3 is 2.53 bits per heavy atom. The van der Waals surface area contributed by atoms with Gasteiger partial charge in [0.2, 0.25) is 0 Å². The van der Waals surface area contributed by atoms with Gasteiger partial charge in [0.15, 0.2) is 0 Å². The van der Waals surface area contributed by atoms with Crippen LogP contribution >= 0.6 is 0 Å². The molecule has 0 unspecified atom stereocenters. The topological polar surface area (TPSA) is 88.5 Å². The molecule has 1 aromatic carbocycles. The van der Waals surface area contributed by atoms with Gasteiger partial charge in [-0.3, -0.25) is 4.79 Å². The molecule has 0 saturated carbocycles. The van der Waals surface area contributed by atoms with Gasteiger partial charge in [-0.25, -0.2) is 0 Å². The number of aromatic nitrogens is 1. The minimum absolute atomic E-state index is 0.0925. The minimum Gasteiger partial charge on any atom is -0.506 e. The van der Waals surface area contributed by atoms with Crippen LogP contribution in [0.3, 0.4) is 0 Å². The molecule has 5 nitrogen and oxygen atoms in total. The normalized spacial score (nSPS) is 14.0. The molecule has 4 N–H and O–H groups in total. The number of carboxylic acid groups (broad SMARTS) is 1. The summed E-state index contributed by atoms with van der Waals surface area (Å²) in [7, 11) is 0. The molecule has 0 spiro atoms. The summed E-state index contributed by atoms with van der Waals surface area (Å²) >= 11 is 0. The first-order valence-corrected chi connectivity index (χ1v) is 5.88. The summed E-state index contributed by atoms with van der Waals surface area (Å²) in [5.74, 6) is -0.976. The van der Waals surface area contributed by atoms with Gasteiger partial charge in [0, 0.05) is 18.8 Å². The lowest BCUT2D eigenvalue weighted by Gasteiger charge is -2.19. The second-order valence-electron chi connectivity index (χ2n) is 4.81. The number of hydrogen-bond donors (Lipinski definition) is 3. The van der Waals surface area contributed by atoms with E-state index in [0.717, 1.165) is 0 Å². The first-order valence-electron chi connectivity index (χ1n) is 5.88. The summed E-state index contributed by atoms with van der Waals surface area (Å²) in [5, 5.41) is 19.0. The molecule has 19 heavy (non-hydrogen) atoms. The Bertz CT molecular complexity index is 589. The van der Waals surface area contributed by atoms with Crippen LogP contribution in [0.2, 0.25) is 0 Å². The predicted molar refractivity (Wildman–Crippen MR) is 71.4 cm³/mol. The third-order valence-electron chi connectivity index (χ3n) is 2.98. The third kappa shape index (κ3) is 2.77. The van der Waals surface area contributed by atoms with Crippen LogP contribution in [0.25, 0.3) is 5.69 Å². The van der Waals surface area contributed by atoms with Crippen molar-refractivity contribution < 1.29 is 15.0 Å². The Kier molecular flexibility index (Phi) is 3.31. The van der Waals surface area contributed by atoms with Crippen molar-refractivity contribution in [3.8, 4) is 11.4 Å². The second kappa shape index (κ2) is 4.78. The smallest absolute Gasteiger partial charge is 0.323 e. The van der Waals surface area contributed by atoms with Crippen LogP contribution in [0.5, 0.6) is 5.75 Å². The lowest BCUT2D eigenvalue weighted by molar-refractivity contribution is -0.142. The maximum atomic E-state index is 11.0. The van der Waals surface area contributed by atoms with Gasteiger partial charge in [0.25, 0.3) is 0 Å². The van der Waals surface area contributed by atoms with E-state index in [9.17, 15) is 9.90 Å². The molecule has 0 fully saturated rings. The number of carbonyl (C=O) groups is 1. The maximum Gasteiger partial charge on any atom is 0.323 e. The summed E-state index contributed by atoms with van der Waals surface area (Å²) in [6, 6.07) is 8.76. The van der Waals surface area contributed by atoms with Crippen molar-refractivity contribution in [2.75, 3.05) is 0 Å². The zero-order valence-corrected chi connectivity index (χ0v) is 10.6. The maximum absolute atomic E-state index is 11.0. The summed E-state index contributed by atoms with van der Waals surface area (Å²) in [6.07, 6.45) is 3.79. The number of phenols is 1. The van der Waals surface area contributed by atoms with Crippen LogP contribution in [-0.2, 0) is 11.2 Å². The Morgan fingerprint density at radius 1 is 1.37 bits per heavy atom. The first-order chi connectivity index (χ1) is 8.90. The van der Waals surface area contributed by atoms with Crippen LogP contribution in [-0.4, -0.2) is 26.3 Å². The minimum atomic E-state index is -1.35. The number of aliphatic carboxylic acids is 1. The van der Waals surface area contributed by atoms with E-state index < -0.39 is 11.5 Å². The molecule has 2 rings (SSSR count). The predicted octanol–water partition coefficient (Wildman–Crippen LogP) is 1.53. The van der Waals surface area contributed by atoms with Gasteiger partial charge in [0.05, 0.1) is 5.69 Å². The Hall–Kier alpha value is -2.27. The van der Waals surface area contributed by atoms with Crippen LogP contribution in [0.1, 0.15) is 12.5 Å². The number of rotatable bonds is 4. The first kappa shape index (κ1) is 13.2. The van der Waals surface area contributed by atoms with Crippen LogP contribution in [0.15, 0.2) is 42.7 Å². The molecular formula is C14H16N2O3. The molecule has 1 heterocycles. The van der Waals surface area contributed by atoms with E-state index in [0.29, 0.717) is 11.3 Å². The van der Waals surface area contributed by atoms with Crippen LogP contribution in [0, 0.1) is 0 Å². The molecule has 2 aromatic rings. The molecule has 0 saturated heterocycles. The second-order valence-corrected chi connectivity index (χ2v) is 4.81. The van der Waals surface area contributed by atoms with E-state index in [1.165, 1.54) is 6.92 Å². The van der Waals surface area contributed by atoms with Gasteiger partial charge in [-0.15, -0.1) is 0 Å². The summed E-state index contributed by atoms with van der Waals surface area (Å²) < 4.78 is 1.78. The molecule has 100 valence electrons. The van der Waals surface area contributed by atoms with Gasteiger partial charge in [0.1, 0.15) is 11.3 Å². The molecule has 0 aliphatic rings. The number of nitrogens with two attached hydrogens (primary N) is 1. The highest BCUT2D eigenvalue weighted by atomic mass is 16.4. The van der Waals surface area contributed by atoms with Crippen LogP contribution in [0.4, 0.5) is 0 Å². The van der Waals surface area contributed by atoms with E-state index in [2.05, 4.69) is 0 Å². The van der Waals surface area contributed by atoms with Gasteiger partial charge in [-0.2, -0.15) is 0 Å². The van der Waals surface area contributed by atoms with Crippen molar-refractivity contribution in [1.29, 1.82) is 0 Å². The number of nitrogens with zero attached hydrogens (tertiary/aromatic N) is 1. The molecule has 5 heteroatoms. The summed E-state index contributed by atoms with van der Waals surface area (Å²) in [5.41, 5.74) is 5.66. The standard InChI is InChI=1S/C14H16N2O3/c1-14(15,13(18)19)9-10-4-5-11(12(17)8-10)16-6-2-3-7-16/h2-8,17H,9,15H2,1H3,(H,18,19)/t14-/m0/s1. The highest BCUT2D eigenvalue weighted by Gasteiger charge is 2.28. The molecule has 0 radical (unpaired) electrons. The number of phenolic OH excluding ortho intramolecular Hbond substituents is 1. The highest BCUT2D eigenvalue weighted by Crippen LogP contribution is 2.24. The molecule has 1 atom stereocenters. The number of carboxylic acids is 1. The lowest BCUT2D eigenvalue weighted by Crippen LogP contribution is -2.46. The molecule has 0 amide bonds. The Labute approximate surface area is 110 Å². The van der Waals surface area contributed by atoms with E-state index in [-0.39, 0.29) is 12.2 Å². The summed E-state index contributed by atoms with van der Waals surface area (Å²) in [6.45, 7) is 1.45. The lowest BCUT2D eigenvalue weighted by atomic mass is 9.94. The zero-order chi connectivity index (χ0) is 14.0. The quantitative estimate of drug-likeness (QED) is 0.777. The Morgan fingerprint density at radius 2 is 2.00 bits per heavy atom. The molecule has 1 aromatic heterocycles. The Balaban J connectivity index is 2.27. The molecule has 0 aliphatic heterocycles. The zero-order valence-electron chi connectivity index (χ0n) is 10.6. The van der Waals surface area contributed by atoms with E-state index in [1.54, 1.807) is 22.8 Å². The van der Waals surface area contributed by atoms with Crippen molar-refractivity contribution in [3.05, 3.63) is 48.3 Å². The fourth-order valence-electron chi connectivity index (χ4n) is 1.89. The van der Waals surface area contributed by atoms with Gasteiger partial charge >= 0.3 is 5.97 Å². The summed E-state index contributed by atoms with van der Waals surface area (Å²) in [4.78, 5) is 11.0. The molecule has 0 bridgehead atoms. The number of benzene rings is 1. The fourth-order valence-corrected chi connectivity index (χ4v) is 1.89. The molecular weight excluding hydrogens is 244 g/mol. The van der Waals surface area contributed by atoms with Crippen molar-refractivity contribution in [2.45, 2.75) is 18.9 Å². The number of aromatic hydroxyl groups is 1. The highest BCUT2D eigenvalue weighted by molar-refractivity contribution is 5.78. The average Bonchev–Trinajstić information content (AvgIpc) is 2.81. The van der Waals surface area contributed by atoms with E-state index >= 15 is 0 Å². The van der Waals surface area contributed by atoms with E-state index in [4.69, 9.17) is 10.8 Å². The monoisotopic (exact) mass is 260 g/mol. The van der Waals surface area contributed by atoms with Crippen LogP contribution < -0.4 is 5.73 Å². The third-order valence-corrected chi connectivity index (χ3v) is 2.98. The van der Waals surface area contributed by atoms with Crippen molar-refractivity contribution >= 4 is 5.97 Å². The number of hydrogen-bond acceptors (Lipinski definition) is 3. The average molecular weight is 260 g/mol. The van der Waals surface area contributed by atoms with Gasteiger partial charge in [-0.05, 0) is 36.8 Å².